The van der Waals surface area contributed by atoms with Gasteiger partial charge in [-0.1, -0.05) is 12.8 Å². The van der Waals surface area contributed by atoms with Gasteiger partial charge in [0, 0.05) is 30.9 Å². The van der Waals surface area contributed by atoms with Crippen LogP contribution in [0.2, 0.25) is 0 Å². The molecule has 114 valence electrons. The van der Waals surface area contributed by atoms with Gasteiger partial charge in [-0.05, 0) is 26.7 Å². The Bertz CT molecular complexity index is 417. The van der Waals surface area contributed by atoms with Crippen LogP contribution in [0, 0.1) is 13.8 Å². The number of halogens is 1. The first-order valence-electron chi connectivity index (χ1n) is 7.14. The van der Waals surface area contributed by atoms with Crippen LogP contribution in [-0.4, -0.2) is 35.5 Å². The molecule has 2 N–H and O–H groups in total. The minimum atomic E-state index is 0. The second kappa shape index (κ2) is 8.81. The van der Waals surface area contributed by atoms with E-state index in [0.29, 0.717) is 5.96 Å². The summed E-state index contributed by atoms with van der Waals surface area (Å²) >= 11 is 1.77. The molecule has 1 aromatic rings. The van der Waals surface area contributed by atoms with Crippen LogP contribution >= 0.6 is 35.3 Å². The molecule has 6 heteroatoms. The maximum Gasteiger partial charge on any atom is 0.191 e. The van der Waals surface area contributed by atoms with E-state index in [1.807, 2.05) is 0 Å². The number of aliphatic imine (C=N–C) groups is 1. The molecule has 0 radical (unpaired) electrons. The van der Waals surface area contributed by atoms with E-state index in [0.717, 1.165) is 31.7 Å². The predicted molar refractivity (Wildman–Crippen MR) is 97.2 cm³/mol. The van der Waals surface area contributed by atoms with Crippen molar-refractivity contribution >= 4 is 41.3 Å². The molecule has 0 atom stereocenters. The molecular formula is C14H25IN4S. The minimum absolute atomic E-state index is 0. The fourth-order valence-electron chi connectivity index (χ4n) is 2.31. The monoisotopic (exact) mass is 408 g/mol. The van der Waals surface area contributed by atoms with E-state index in [4.69, 9.17) is 5.73 Å². The summed E-state index contributed by atoms with van der Waals surface area (Å²) < 4.78 is 0. The van der Waals surface area contributed by atoms with E-state index in [9.17, 15) is 0 Å². The molecule has 20 heavy (non-hydrogen) atoms. The number of nitrogens with zero attached hydrogens (tertiary/aromatic N) is 3. The molecule has 0 aromatic carbocycles. The molecule has 2 heterocycles. The molecule has 1 aliphatic heterocycles. The lowest BCUT2D eigenvalue weighted by Crippen LogP contribution is -2.38. The minimum Gasteiger partial charge on any atom is -0.370 e. The fourth-order valence-corrected chi connectivity index (χ4v) is 3.23. The van der Waals surface area contributed by atoms with Gasteiger partial charge in [-0.25, -0.2) is 4.98 Å². The van der Waals surface area contributed by atoms with E-state index in [1.54, 1.807) is 11.3 Å². The Morgan fingerprint density at radius 3 is 2.45 bits per heavy atom. The third-order valence-corrected chi connectivity index (χ3v) is 4.73. The molecule has 0 unspecified atom stereocenters. The highest BCUT2D eigenvalue weighted by Gasteiger charge is 2.10. The van der Waals surface area contributed by atoms with Gasteiger partial charge in [0.15, 0.2) is 5.96 Å². The Balaban J connectivity index is 0.00000200. The predicted octanol–water partition coefficient (Wildman–Crippen LogP) is 3.11. The Hall–Kier alpha value is -0.370. The second-order valence-electron chi connectivity index (χ2n) is 5.14. The number of rotatable bonds is 3. The van der Waals surface area contributed by atoms with Gasteiger partial charge in [-0.2, -0.15) is 0 Å². The zero-order valence-electron chi connectivity index (χ0n) is 12.4. The Morgan fingerprint density at radius 2 is 1.90 bits per heavy atom. The summed E-state index contributed by atoms with van der Waals surface area (Å²) in [5.74, 6) is 0.715. The molecule has 0 saturated carbocycles. The maximum absolute atomic E-state index is 6.08. The van der Waals surface area contributed by atoms with Crippen molar-refractivity contribution < 1.29 is 0 Å². The number of thiazole rings is 1. The van der Waals surface area contributed by atoms with Crippen LogP contribution in [0.5, 0.6) is 0 Å². The molecule has 1 aromatic heterocycles. The van der Waals surface area contributed by atoms with Crippen LogP contribution in [0.4, 0.5) is 0 Å². The Kier molecular flexibility index (Phi) is 7.79. The largest absolute Gasteiger partial charge is 0.370 e. The van der Waals surface area contributed by atoms with E-state index in [2.05, 4.69) is 28.7 Å². The van der Waals surface area contributed by atoms with Crippen molar-refractivity contribution in [2.75, 3.05) is 19.6 Å². The summed E-state index contributed by atoms with van der Waals surface area (Å²) in [6.07, 6.45) is 6.01. The van der Waals surface area contributed by atoms with Crippen LogP contribution in [0.15, 0.2) is 4.99 Å². The van der Waals surface area contributed by atoms with Crippen molar-refractivity contribution in [1.82, 2.24) is 9.88 Å². The molecule has 4 nitrogen and oxygen atoms in total. The van der Waals surface area contributed by atoms with Crippen LogP contribution in [0.25, 0.3) is 0 Å². The molecule has 0 bridgehead atoms. The first-order chi connectivity index (χ1) is 9.16. The van der Waals surface area contributed by atoms with Crippen LogP contribution in [-0.2, 0) is 6.42 Å². The van der Waals surface area contributed by atoms with Gasteiger partial charge in [0.25, 0.3) is 0 Å². The average molecular weight is 408 g/mol. The van der Waals surface area contributed by atoms with Gasteiger partial charge in [0.2, 0.25) is 0 Å². The first-order valence-corrected chi connectivity index (χ1v) is 7.96. The van der Waals surface area contributed by atoms with E-state index in [1.165, 1.54) is 35.6 Å². The van der Waals surface area contributed by atoms with Gasteiger partial charge >= 0.3 is 0 Å². The summed E-state index contributed by atoms with van der Waals surface area (Å²) in [6, 6.07) is 0. The molecule has 1 saturated heterocycles. The van der Waals surface area contributed by atoms with Crippen molar-refractivity contribution in [1.29, 1.82) is 0 Å². The van der Waals surface area contributed by atoms with Gasteiger partial charge < -0.3 is 10.6 Å². The summed E-state index contributed by atoms with van der Waals surface area (Å²) in [5, 5.41) is 1.17. The first kappa shape index (κ1) is 17.7. The van der Waals surface area contributed by atoms with Crippen LogP contribution < -0.4 is 5.73 Å². The van der Waals surface area contributed by atoms with E-state index in [-0.39, 0.29) is 24.0 Å². The smallest absolute Gasteiger partial charge is 0.191 e. The third-order valence-electron chi connectivity index (χ3n) is 3.60. The zero-order valence-corrected chi connectivity index (χ0v) is 15.5. The standard InChI is InChI=1S/C14H24N4S.HI/c1-11-12(2)19-13(17-11)7-8-16-14(15)18-9-5-3-4-6-10-18;/h3-10H2,1-2H3,(H2,15,16);1H. The van der Waals surface area contributed by atoms with Gasteiger partial charge in [-0.3, -0.25) is 4.99 Å². The van der Waals surface area contributed by atoms with Crippen LogP contribution in [0.3, 0.4) is 0 Å². The Morgan fingerprint density at radius 1 is 1.25 bits per heavy atom. The highest BCUT2D eigenvalue weighted by molar-refractivity contribution is 14.0. The normalized spacial score (nSPS) is 16.7. The number of likely N-dealkylation sites (tertiary alicyclic amines) is 1. The zero-order chi connectivity index (χ0) is 13.7. The lowest BCUT2D eigenvalue weighted by atomic mass is 10.2. The van der Waals surface area contributed by atoms with Crippen molar-refractivity contribution in [3.63, 3.8) is 0 Å². The van der Waals surface area contributed by atoms with Crippen LogP contribution in [0.1, 0.15) is 41.3 Å². The average Bonchev–Trinajstić information content (AvgIpc) is 2.62. The molecular weight excluding hydrogens is 383 g/mol. The van der Waals surface area contributed by atoms with Crippen molar-refractivity contribution in [3.05, 3.63) is 15.6 Å². The lowest BCUT2D eigenvalue weighted by Gasteiger charge is -2.20. The van der Waals surface area contributed by atoms with Gasteiger partial charge in [0.05, 0.1) is 10.7 Å². The van der Waals surface area contributed by atoms with Gasteiger partial charge in [0.1, 0.15) is 0 Å². The van der Waals surface area contributed by atoms with Crippen molar-refractivity contribution in [3.8, 4) is 0 Å². The highest BCUT2D eigenvalue weighted by atomic mass is 127. The molecule has 1 fully saturated rings. The molecule has 0 spiro atoms. The molecule has 2 rings (SSSR count). The molecule has 0 aliphatic carbocycles. The summed E-state index contributed by atoms with van der Waals surface area (Å²) in [4.78, 5) is 12.6. The highest BCUT2D eigenvalue weighted by Crippen LogP contribution is 2.16. The summed E-state index contributed by atoms with van der Waals surface area (Å²) in [6.45, 7) is 7.04. The fraction of sp³-hybridized carbons (Fsp3) is 0.714. The number of aryl methyl sites for hydroxylation is 2. The van der Waals surface area contributed by atoms with E-state index < -0.39 is 0 Å². The number of hydrogen-bond donors (Lipinski definition) is 1. The molecule has 1 aliphatic rings. The number of aromatic nitrogens is 1. The number of nitrogens with two attached hydrogens (primary N) is 1. The second-order valence-corrected chi connectivity index (χ2v) is 6.43. The quantitative estimate of drug-likeness (QED) is 0.475. The lowest BCUT2D eigenvalue weighted by molar-refractivity contribution is 0.428. The summed E-state index contributed by atoms with van der Waals surface area (Å²) in [5.41, 5.74) is 7.22. The van der Waals surface area contributed by atoms with Crippen molar-refractivity contribution in [2.45, 2.75) is 46.0 Å². The van der Waals surface area contributed by atoms with E-state index >= 15 is 0 Å². The van der Waals surface area contributed by atoms with Gasteiger partial charge in [-0.15, -0.1) is 35.3 Å². The maximum atomic E-state index is 6.08. The van der Waals surface area contributed by atoms with Crippen molar-refractivity contribution in [2.24, 2.45) is 10.7 Å². The Labute approximate surface area is 142 Å². The number of guanidine groups is 1. The third kappa shape index (κ3) is 5.20. The topological polar surface area (TPSA) is 54.5 Å². The SMILES string of the molecule is Cc1nc(CCN=C(N)N2CCCCCC2)sc1C.I. The summed E-state index contributed by atoms with van der Waals surface area (Å²) in [7, 11) is 0. The number of hydrogen-bond acceptors (Lipinski definition) is 3. The molecule has 0 amide bonds.